The molecule has 1 aliphatic carbocycles. The van der Waals surface area contributed by atoms with E-state index in [4.69, 9.17) is 0 Å². The second kappa shape index (κ2) is 3.70. The van der Waals surface area contributed by atoms with Gasteiger partial charge in [0, 0.05) is 38.7 Å². The Balaban J connectivity index is 1.84. The molecular formula is C14H16N2O. The smallest absolute Gasteiger partial charge is 0.111 e. The molecule has 0 saturated heterocycles. The minimum Gasteiger partial charge on any atom is -0.389 e. The van der Waals surface area contributed by atoms with Crippen molar-refractivity contribution >= 4 is 0 Å². The normalized spacial score (nSPS) is 17.1. The van der Waals surface area contributed by atoms with Crippen molar-refractivity contribution in [2.45, 2.75) is 24.9 Å². The quantitative estimate of drug-likeness (QED) is 0.845. The number of hydrogen-bond acceptors (Lipinski definition) is 2. The molecule has 1 N–H and O–H groups in total. The van der Waals surface area contributed by atoms with E-state index in [9.17, 15) is 5.11 Å². The van der Waals surface area contributed by atoms with Crippen molar-refractivity contribution in [1.82, 2.24) is 9.55 Å². The third-order valence-electron chi connectivity index (χ3n) is 3.57. The first-order valence-electron chi connectivity index (χ1n) is 5.92. The number of aromatic nitrogens is 2. The predicted octanol–water partition coefficient (Wildman–Crippen LogP) is 1.49. The van der Waals surface area contributed by atoms with Gasteiger partial charge in [-0.2, -0.15) is 0 Å². The van der Waals surface area contributed by atoms with Gasteiger partial charge in [0.05, 0.1) is 5.60 Å². The summed E-state index contributed by atoms with van der Waals surface area (Å²) in [6.07, 6.45) is 5.78. The van der Waals surface area contributed by atoms with Gasteiger partial charge < -0.3 is 9.67 Å². The molecule has 3 rings (SSSR count). The van der Waals surface area contributed by atoms with Crippen LogP contribution in [0.3, 0.4) is 0 Å². The van der Waals surface area contributed by atoms with Gasteiger partial charge in [0.15, 0.2) is 0 Å². The van der Waals surface area contributed by atoms with Gasteiger partial charge in [-0.25, -0.2) is 4.98 Å². The fourth-order valence-corrected chi connectivity index (χ4v) is 2.66. The average molecular weight is 228 g/mol. The Morgan fingerprint density at radius 2 is 1.94 bits per heavy atom. The average Bonchev–Trinajstić information content (AvgIpc) is 2.82. The van der Waals surface area contributed by atoms with Crippen LogP contribution in [0.25, 0.3) is 0 Å². The van der Waals surface area contributed by atoms with Gasteiger partial charge in [0.1, 0.15) is 5.82 Å². The molecule has 1 aromatic heterocycles. The van der Waals surface area contributed by atoms with E-state index in [0.29, 0.717) is 6.42 Å². The lowest BCUT2D eigenvalue weighted by atomic mass is 9.96. The maximum atomic E-state index is 10.7. The summed E-state index contributed by atoms with van der Waals surface area (Å²) < 4.78 is 1.97. The number of fused-ring (bicyclic) bond motifs is 1. The summed E-state index contributed by atoms with van der Waals surface area (Å²) in [7, 11) is 1.97. The Morgan fingerprint density at radius 3 is 2.47 bits per heavy atom. The fourth-order valence-electron chi connectivity index (χ4n) is 2.66. The first kappa shape index (κ1) is 10.5. The highest BCUT2D eigenvalue weighted by Gasteiger charge is 2.35. The summed E-state index contributed by atoms with van der Waals surface area (Å²) in [6, 6.07) is 8.27. The molecule has 17 heavy (non-hydrogen) atoms. The zero-order chi connectivity index (χ0) is 11.9. The van der Waals surface area contributed by atoms with Crippen LogP contribution in [-0.4, -0.2) is 20.3 Å². The van der Waals surface area contributed by atoms with Crippen molar-refractivity contribution in [2.75, 3.05) is 0 Å². The van der Waals surface area contributed by atoms with Crippen molar-refractivity contribution in [1.29, 1.82) is 0 Å². The highest BCUT2D eigenvalue weighted by Crippen LogP contribution is 2.32. The van der Waals surface area contributed by atoms with Gasteiger partial charge in [-0.1, -0.05) is 24.3 Å². The Kier molecular flexibility index (Phi) is 2.30. The summed E-state index contributed by atoms with van der Waals surface area (Å²) in [5.74, 6) is 0.945. The van der Waals surface area contributed by atoms with Gasteiger partial charge >= 0.3 is 0 Å². The third kappa shape index (κ3) is 1.87. The minimum atomic E-state index is -0.664. The molecule has 0 fully saturated rings. The van der Waals surface area contributed by atoms with Crippen molar-refractivity contribution in [3.8, 4) is 0 Å². The molecule has 0 spiro atoms. The van der Waals surface area contributed by atoms with Crippen molar-refractivity contribution in [3.63, 3.8) is 0 Å². The zero-order valence-corrected chi connectivity index (χ0v) is 9.93. The van der Waals surface area contributed by atoms with Crippen molar-refractivity contribution in [2.24, 2.45) is 7.05 Å². The molecule has 0 radical (unpaired) electrons. The number of rotatable bonds is 2. The zero-order valence-electron chi connectivity index (χ0n) is 9.93. The second-order valence-electron chi connectivity index (χ2n) is 4.98. The van der Waals surface area contributed by atoms with E-state index in [-0.39, 0.29) is 0 Å². The molecule has 0 amide bonds. The van der Waals surface area contributed by atoms with E-state index in [2.05, 4.69) is 17.1 Å². The molecule has 1 heterocycles. The molecule has 0 bridgehead atoms. The number of aliphatic hydroxyl groups is 1. The number of hydrogen-bond donors (Lipinski definition) is 1. The lowest BCUT2D eigenvalue weighted by Gasteiger charge is -2.21. The van der Waals surface area contributed by atoms with Gasteiger partial charge in [-0.05, 0) is 11.1 Å². The minimum absolute atomic E-state index is 0.616. The van der Waals surface area contributed by atoms with Gasteiger partial charge in [-0.3, -0.25) is 0 Å². The molecule has 1 aliphatic rings. The number of imidazole rings is 1. The molecule has 0 unspecified atom stereocenters. The molecule has 88 valence electrons. The maximum absolute atomic E-state index is 10.7. The highest BCUT2D eigenvalue weighted by molar-refractivity contribution is 5.35. The summed E-state index contributed by atoms with van der Waals surface area (Å²) in [6.45, 7) is 0. The lowest BCUT2D eigenvalue weighted by Crippen LogP contribution is -2.33. The highest BCUT2D eigenvalue weighted by atomic mass is 16.3. The Bertz CT molecular complexity index is 520. The van der Waals surface area contributed by atoms with E-state index < -0.39 is 5.60 Å². The molecule has 3 heteroatoms. The standard InChI is InChI=1S/C14H16N2O/c1-16-7-6-15-13(16)10-14(17)8-11-4-2-3-5-12(11)9-14/h2-7,17H,8-10H2,1H3. The van der Waals surface area contributed by atoms with Crippen LogP contribution < -0.4 is 0 Å². The number of aryl methyl sites for hydroxylation is 1. The molecule has 3 nitrogen and oxygen atoms in total. The monoisotopic (exact) mass is 228 g/mol. The topological polar surface area (TPSA) is 38.0 Å². The molecular weight excluding hydrogens is 212 g/mol. The summed E-state index contributed by atoms with van der Waals surface area (Å²) >= 11 is 0. The van der Waals surface area contributed by atoms with Crippen LogP contribution in [0.1, 0.15) is 17.0 Å². The fraction of sp³-hybridized carbons (Fsp3) is 0.357. The predicted molar refractivity (Wildman–Crippen MR) is 65.7 cm³/mol. The van der Waals surface area contributed by atoms with E-state index in [1.54, 1.807) is 6.20 Å². The lowest BCUT2D eigenvalue weighted by molar-refractivity contribution is 0.0491. The second-order valence-corrected chi connectivity index (χ2v) is 4.98. The molecule has 0 atom stereocenters. The third-order valence-corrected chi connectivity index (χ3v) is 3.57. The first-order chi connectivity index (χ1) is 8.16. The van der Waals surface area contributed by atoms with Crippen LogP contribution >= 0.6 is 0 Å². The van der Waals surface area contributed by atoms with Gasteiger partial charge in [0.2, 0.25) is 0 Å². The van der Waals surface area contributed by atoms with Crippen molar-refractivity contribution in [3.05, 3.63) is 53.6 Å². The van der Waals surface area contributed by atoms with Crippen molar-refractivity contribution < 1.29 is 5.11 Å². The summed E-state index contributed by atoms with van der Waals surface area (Å²) in [5, 5.41) is 10.7. The maximum Gasteiger partial charge on any atom is 0.111 e. The van der Waals surface area contributed by atoms with E-state index >= 15 is 0 Å². The Morgan fingerprint density at radius 1 is 1.29 bits per heavy atom. The van der Waals surface area contributed by atoms with Crippen LogP contribution in [0.4, 0.5) is 0 Å². The van der Waals surface area contributed by atoms with E-state index in [1.165, 1.54) is 11.1 Å². The van der Waals surface area contributed by atoms with Crippen LogP contribution in [0.15, 0.2) is 36.7 Å². The van der Waals surface area contributed by atoms with Gasteiger partial charge in [-0.15, -0.1) is 0 Å². The Labute approximate surface area is 101 Å². The summed E-state index contributed by atoms with van der Waals surface area (Å²) in [5.41, 5.74) is 1.87. The number of benzene rings is 1. The van der Waals surface area contributed by atoms with Crippen LogP contribution in [-0.2, 0) is 26.3 Å². The number of nitrogens with zero attached hydrogens (tertiary/aromatic N) is 2. The van der Waals surface area contributed by atoms with E-state index in [0.717, 1.165) is 18.7 Å². The Hall–Kier alpha value is -1.61. The molecule has 1 aromatic carbocycles. The molecule has 0 aliphatic heterocycles. The summed E-state index contributed by atoms with van der Waals surface area (Å²) in [4.78, 5) is 4.29. The van der Waals surface area contributed by atoms with Crippen LogP contribution in [0, 0.1) is 0 Å². The largest absolute Gasteiger partial charge is 0.389 e. The van der Waals surface area contributed by atoms with Gasteiger partial charge in [0.25, 0.3) is 0 Å². The van der Waals surface area contributed by atoms with E-state index in [1.807, 2.05) is 29.9 Å². The first-order valence-corrected chi connectivity index (χ1v) is 5.92. The SMILES string of the molecule is Cn1ccnc1CC1(O)Cc2ccccc2C1. The van der Waals surface area contributed by atoms with Crippen LogP contribution in [0.5, 0.6) is 0 Å². The molecule has 2 aromatic rings. The van der Waals surface area contributed by atoms with Crippen LogP contribution in [0.2, 0.25) is 0 Å². The molecule has 0 saturated carbocycles.